The fraction of sp³-hybridized carbons (Fsp3) is 0.321. The number of para-hydroxylation sites is 1. The zero-order chi connectivity index (χ0) is 26.5. The largest absolute Gasteiger partial charge is 0.350 e. The van der Waals surface area contributed by atoms with Crippen molar-refractivity contribution in [2.24, 2.45) is 0 Å². The molecule has 0 saturated carbocycles. The number of nitrogens with one attached hydrogen (secondary N) is 3. The van der Waals surface area contributed by atoms with Crippen LogP contribution in [0, 0.1) is 12.3 Å². The van der Waals surface area contributed by atoms with E-state index in [1.807, 2.05) is 18.2 Å². The highest BCUT2D eigenvalue weighted by atomic mass is 35.5. The minimum absolute atomic E-state index is 0.0324. The first-order valence-electron chi connectivity index (χ1n) is 12.0. The van der Waals surface area contributed by atoms with Gasteiger partial charge in [0, 0.05) is 34.6 Å². The number of alkyl halides is 1. The Kier molecular flexibility index (Phi) is 5.99. The topological polar surface area (TPSA) is 94.3 Å². The molecule has 1 fully saturated rings. The molecular formula is C28H26ClFN4O3. The molecule has 3 atom stereocenters. The number of H-pyrrole nitrogens is 1. The van der Waals surface area contributed by atoms with Crippen LogP contribution in [0.5, 0.6) is 0 Å². The Bertz CT molecular complexity index is 1470. The molecule has 1 spiro atoms. The van der Waals surface area contributed by atoms with Gasteiger partial charge in [0.05, 0.1) is 11.5 Å². The number of nitrogens with zero attached hydrogens (tertiary/aromatic N) is 1. The lowest BCUT2D eigenvalue weighted by molar-refractivity contribution is -0.134. The van der Waals surface area contributed by atoms with Crippen molar-refractivity contribution in [3.8, 4) is 12.3 Å². The number of rotatable bonds is 5. The minimum atomic E-state index is -1.77. The monoisotopic (exact) mass is 520 g/mol. The SMILES string of the molecule is C#CC1C[C@@]2(CN1C(=O)[C@H](CC(C)(C)F)NC(=O)c1cc3c(Cl)cccc3[nH]1)C(=O)Nc1ccccc12. The number of carbonyl (C=O) groups excluding carboxylic acids is 3. The van der Waals surface area contributed by atoms with E-state index in [0.29, 0.717) is 21.6 Å². The molecule has 3 N–H and O–H groups in total. The zero-order valence-electron chi connectivity index (χ0n) is 20.4. The molecule has 1 unspecified atom stereocenters. The van der Waals surface area contributed by atoms with E-state index in [9.17, 15) is 18.8 Å². The Morgan fingerprint density at radius 3 is 2.76 bits per heavy atom. The van der Waals surface area contributed by atoms with Gasteiger partial charge in [0.25, 0.3) is 5.91 Å². The third-order valence-electron chi connectivity index (χ3n) is 7.11. The maximum atomic E-state index is 14.8. The Morgan fingerprint density at radius 2 is 2.05 bits per heavy atom. The Labute approximate surface area is 218 Å². The third kappa shape index (κ3) is 4.34. The predicted octanol–water partition coefficient (Wildman–Crippen LogP) is 4.18. The number of likely N-dealkylation sites (tertiary alicyclic amines) is 1. The van der Waals surface area contributed by atoms with Crippen molar-refractivity contribution in [2.45, 2.75) is 49.9 Å². The van der Waals surface area contributed by atoms with E-state index in [-0.39, 0.29) is 31.0 Å². The van der Waals surface area contributed by atoms with Crippen molar-refractivity contribution in [1.82, 2.24) is 15.2 Å². The Hall–Kier alpha value is -3.83. The highest BCUT2D eigenvalue weighted by Crippen LogP contribution is 2.46. The van der Waals surface area contributed by atoms with Crippen LogP contribution in [-0.4, -0.2) is 51.9 Å². The van der Waals surface area contributed by atoms with E-state index in [4.69, 9.17) is 18.0 Å². The molecule has 3 aromatic rings. The number of hydrogen-bond donors (Lipinski definition) is 3. The molecule has 0 bridgehead atoms. The predicted molar refractivity (Wildman–Crippen MR) is 140 cm³/mol. The lowest BCUT2D eigenvalue weighted by Crippen LogP contribution is -2.52. The van der Waals surface area contributed by atoms with Crippen LogP contribution >= 0.6 is 11.6 Å². The van der Waals surface area contributed by atoms with Gasteiger partial charge < -0.3 is 20.5 Å². The molecule has 37 heavy (non-hydrogen) atoms. The maximum Gasteiger partial charge on any atom is 0.268 e. The quantitative estimate of drug-likeness (QED) is 0.440. The lowest BCUT2D eigenvalue weighted by Gasteiger charge is -2.30. The van der Waals surface area contributed by atoms with Gasteiger partial charge in [0.15, 0.2) is 0 Å². The summed E-state index contributed by atoms with van der Waals surface area (Å²) >= 11 is 6.23. The molecule has 3 heterocycles. The van der Waals surface area contributed by atoms with Crippen molar-refractivity contribution in [3.05, 3.63) is 64.8 Å². The second kappa shape index (κ2) is 8.93. The molecule has 2 aromatic carbocycles. The molecular weight excluding hydrogens is 495 g/mol. The van der Waals surface area contributed by atoms with Gasteiger partial charge in [0.2, 0.25) is 11.8 Å². The number of aromatic amines is 1. The van der Waals surface area contributed by atoms with Gasteiger partial charge in [0.1, 0.15) is 17.4 Å². The van der Waals surface area contributed by atoms with Crippen LogP contribution in [0.15, 0.2) is 48.5 Å². The van der Waals surface area contributed by atoms with Crippen LogP contribution in [0.25, 0.3) is 10.9 Å². The number of carbonyl (C=O) groups is 3. The molecule has 0 aliphatic carbocycles. The molecule has 0 radical (unpaired) electrons. The van der Waals surface area contributed by atoms with E-state index >= 15 is 0 Å². The number of fused-ring (bicyclic) bond motifs is 3. The number of halogens is 2. The van der Waals surface area contributed by atoms with Crippen LogP contribution in [-0.2, 0) is 15.0 Å². The summed E-state index contributed by atoms with van der Waals surface area (Å²) in [6.07, 6.45) is 5.76. The van der Waals surface area contributed by atoms with Gasteiger partial charge in [-0.2, -0.15) is 0 Å². The van der Waals surface area contributed by atoms with E-state index < -0.39 is 35.0 Å². The maximum absolute atomic E-state index is 14.8. The van der Waals surface area contributed by atoms with Crippen molar-refractivity contribution >= 4 is 45.9 Å². The molecule has 1 saturated heterocycles. The fourth-order valence-corrected chi connectivity index (χ4v) is 5.61. The van der Waals surface area contributed by atoms with Crippen molar-refractivity contribution in [3.63, 3.8) is 0 Å². The van der Waals surface area contributed by atoms with E-state index in [0.717, 1.165) is 5.56 Å². The first-order valence-corrected chi connectivity index (χ1v) is 12.3. The Morgan fingerprint density at radius 1 is 1.30 bits per heavy atom. The number of amides is 3. The molecule has 190 valence electrons. The second-order valence-electron chi connectivity index (χ2n) is 10.3. The molecule has 2 aliphatic heterocycles. The van der Waals surface area contributed by atoms with E-state index in [2.05, 4.69) is 21.5 Å². The van der Waals surface area contributed by atoms with Crippen LogP contribution in [0.1, 0.15) is 42.7 Å². The first kappa shape index (κ1) is 24.8. The number of aromatic nitrogens is 1. The average molecular weight is 521 g/mol. The summed E-state index contributed by atoms with van der Waals surface area (Å²) in [6, 6.07) is 12.2. The summed E-state index contributed by atoms with van der Waals surface area (Å²) in [6.45, 7) is 2.71. The summed E-state index contributed by atoms with van der Waals surface area (Å²) in [7, 11) is 0. The fourth-order valence-electron chi connectivity index (χ4n) is 5.38. The molecule has 1 aromatic heterocycles. The number of hydrogen-bond acceptors (Lipinski definition) is 3. The summed E-state index contributed by atoms with van der Waals surface area (Å²) in [4.78, 5) is 44.5. The number of terminal acetylenes is 1. The smallest absolute Gasteiger partial charge is 0.268 e. The summed E-state index contributed by atoms with van der Waals surface area (Å²) in [5, 5.41) is 6.70. The molecule has 5 rings (SSSR count). The van der Waals surface area contributed by atoms with Crippen molar-refractivity contribution in [2.75, 3.05) is 11.9 Å². The zero-order valence-corrected chi connectivity index (χ0v) is 21.2. The summed E-state index contributed by atoms with van der Waals surface area (Å²) in [5.74, 6) is 1.28. The van der Waals surface area contributed by atoms with E-state index in [1.165, 1.54) is 18.7 Å². The van der Waals surface area contributed by atoms with Gasteiger partial charge in [-0.15, -0.1) is 6.42 Å². The summed E-state index contributed by atoms with van der Waals surface area (Å²) < 4.78 is 14.8. The first-order chi connectivity index (χ1) is 17.5. The molecule has 9 heteroatoms. The normalized spacial score (nSPS) is 21.5. The van der Waals surface area contributed by atoms with Crippen LogP contribution in [0.3, 0.4) is 0 Å². The van der Waals surface area contributed by atoms with Crippen molar-refractivity contribution < 1.29 is 18.8 Å². The van der Waals surface area contributed by atoms with Crippen LogP contribution < -0.4 is 10.6 Å². The standard InChI is InChI=1S/C28H26ClFN4O3/c1-4-16-13-28(18-8-5-6-10-21(18)33-26(28)37)15-34(16)25(36)23(14-27(2,3)30)32-24(35)22-12-17-19(29)9-7-11-20(17)31-22/h1,5-12,16,23,31H,13-15H2,2-3H3,(H,32,35)(H,33,37)/t16?,23-,28-/m0/s1. The average Bonchev–Trinajstić information content (AvgIpc) is 3.53. The van der Waals surface area contributed by atoms with E-state index in [1.54, 1.807) is 30.3 Å². The third-order valence-corrected chi connectivity index (χ3v) is 7.44. The van der Waals surface area contributed by atoms with Crippen molar-refractivity contribution in [1.29, 1.82) is 0 Å². The van der Waals surface area contributed by atoms with Crippen LogP contribution in [0.4, 0.5) is 10.1 Å². The van der Waals surface area contributed by atoms with Gasteiger partial charge >= 0.3 is 0 Å². The molecule has 7 nitrogen and oxygen atoms in total. The molecule has 2 aliphatic rings. The minimum Gasteiger partial charge on any atom is -0.350 e. The number of benzene rings is 2. The van der Waals surface area contributed by atoms with Crippen LogP contribution in [0.2, 0.25) is 5.02 Å². The highest BCUT2D eigenvalue weighted by Gasteiger charge is 2.56. The van der Waals surface area contributed by atoms with Gasteiger partial charge in [-0.05, 0) is 50.1 Å². The lowest BCUT2D eigenvalue weighted by atomic mass is 9.79. The molecule has 3 amide bonds. The Balaban J connectivity index is 1.44. The number of anilines is 1. The second-order valence-corrected chi connectivity index (χ2v) is 10.7. The van der Waals surface area contributed by atoms with Gasteiger partial charge in [-0.25, -0.2) is 4.39 Å². The van der Waals surface area contributed by atoms with Gasteiger partial charge in [-0.1, -0.05) is 41.8 Å². The summed E-state index contributed by atoms with van der Waals surface area (Å²) in [5.41, 5.74) is -0.463. The highest BCUT2D eigenvalue weighted by molar-refractivity contribution is 6.35. The van der Waals surface area contributed by atoms with Gasteiger partial charge in [-0.3, -0.25) is 14.4 Å².